The number of hydrogen-bond donors (Lipinski definition) is 1. The highest BCUT2D eigenvalue weighted by atomic mass is 16.5. The van der Waals surface area contributed by atoms with E-state index in [1.807, 2.05) is 32.2 Å². The van der Waals surface area contributed by atoms with E-state index in [2.05, 4.69) is 29.1 Å². The van der Waals surface area contributed by atoms with Gasteiger partial charge in [-0.3, -0.25) is 0 Å². The smallest absolute Gasteiger partial charge is 0.130 e. The van der Waals surface area contributed by atoms with Gasteiger partial charge in [-0.1, -0.05) is 0 Å². The first-order valence-electron chi connectivity index (χ1n) is 6.24. The fourth-order valence-electron chi connectivity index (χ4n) is 2.13. The number of aryl methyl sites for hydroxylation is 1. The van der Waals surface area contributed by atoms with Crippen LogP contribution < -0.4 is 10.1 Å². The summed E-state index contributed by atoms with van der Waals surface area (Å²) in [5, 5.41) is 3.06. The van der Waals surface area contributed by atoms with Gasteiger partial charge in [0.05, 0.1) is 12.8 Å². The summed E-state index contributed by atoms with van der Waals surface area (Å²) in [5.74, 6) is 2.49. The Bertz CT molecular complexity index is 609. The average molecular weight is 257 g/mol. The third-order valence-electron chi connectivity index (χ3n) is 3.33. The van der Waals surface area contributed by atoms with Crippen molar-refractivity contribution in [3.63, 3.8) is 0 Å². The van der Waals surface area contributed by atoms with Crippen LogP contribution in [0.2, 0.25) is 0 Å². The van der Waals surface area contributed by atoms with Gasteiger partial charge >= 0.3 is 0 Å². The molecule has 2 aromatic rings. The van der Waals surface area contributed by atoms with Gasteiger partial charge in [-0.05, 0) is 44.0 Å². The van der Waals surface area contributed by atoms with Crippen molar-refractivity contribution < 1.29 is 4.74 Å². The van der Waals surface area contributed by atoms with Gasteiger partial charge in [-0.2, -0.15) is 0 Å². The van der Waals surface area contributed by atoms with Crippen LogP contribution in [0.5, 0.6) is 5.75 Å². The van der Waals surface area contributed by atoms with Crippen molar-refractivity contribution in [1.82, 2.24) is 9.97 Å². The number of benzene rings is 1. The summed E-state index contributed by atoms with van der Waals surface area (Å²) >= 11 is 0. The molecule has 0 atom stereocenters. The Morgan fingerprint density at radius 3 is 2.42 bits per heavy atom. The number of hydrogen-bond acceptors (Lipinski definition) is 4. The van der Waals surface area contributed by atoms with Gasteiger partial charge in [0.15, 0.2) is 0 Å². The highest BCUT2D eigenvalue weighted by molar-refractivity contribution is 5.69. The van der Waals surface area contributed by atoms with Gasteiger partial charge in [0.1, 0.15) is 17.4 Å². The summed E-state index contributed by atoms with van der Waals surface area (Å²) in [7, 11) is 3.55. The van der Waals surface area contributed by atoms with E-state index < -0.39 is 0 Å². The highest BCUT2D eigenvalue weighted by Gasteiger charge is 2.11. The van der Waals surface area contributed by atoms with E-state index in [1.165, 1.54) is 5.56 Å². The Balaban J connectivity index is 2.59. The Morgan fingerprint density at radius 1 is 1.05 bits per heavy atom. The molecule has 1 heterocycles. The fraction of sp³-hybridized carbons (Fsp3) is 0.333. The molecule has 19 heavy (non-hydrogen) atoms. The Labute approximate surface area is 113 Å². The lowest BCUT2D eigenvalue weighted by Crippen LogP contribution is -2.00. The van der Waals surface area contributed by atoms with Gasteiger partial charge < -0.3 is 10.1 Å². The Hall–Kier alpha value is -2.10. The first-order valence-corrected chi connectivity index (χ1v) is 6.24. The summed E-state index contributed by atoms with van der Waals surface area (Å²) in [5.41, 5.74) is 4.36. The summed E-state index contributed by atoms with van der Waals surface area (Å²) in [4.78, 5) is 8.83. The molecule has 1 aromatic carbocycles. The predicted octanol–water partition coefficient (Wildman–Crippen LogP) is 3.12. The normalized spacial score (nSPS) is 10.4. The number of rotatable bonds is 3. The summed E-state index contributed by atoms with van der Waals surface area (Å²) < 4.78 is 5.34. The van der Waals surface area contributed by atoms with E-state index in [9.17, 15) is 0 Å². The summed E-state index contributed by atoms with van der Waals surface area (Å²) in [6.45, 7) is 6.05. The third kappa shape index (κ3) is 2.52. The number of nitrogens with one attached hydrogen (secondary N) is 1. The minimum Gasteiger partial charge on any atom is -0.496 e. The monoisotopic (exact) mass is 257 g/mol. The molecule has 0 unspecified atom stereocenters. The molecule has 1 N–H and O–H groups in total. The van der Waals surface area contributed by atoms with Gasteiger partial charge in [-0.25, -0.2) is 9.97 Å². The maximum atomic E-state index is 5.34. The van der Waals surface area contributed by atoms with Crippen LogP contribution in [0, 0.1) is 20.8 Å². The standard InChI is InChI=1S/C15H19N3O/c1-9-10(2)14(19-5)7-6-12(9)13-8-15(16-4)18-11(3)17-13/h6-8H,1-5H3,(H,16,17,18). The molecule has 0 bridgehead atoms. The number of anilines is 1. The number of nitrogens with zero attached hydrogens (tertiary/aromatic N) is 2. The van der Waals surface area contributed by atoms with Gasteiger partial charge in [0, 0.05) is 18.7 Å². The number of methoxy groups -OCH3 is 1. The van der Waals surface area contributed by atoms with E-state index in [-0.39, 0.29) is 0 Å². The second kappa shape index (κ2) is 5.26. The fourth-order valence-corrected chi connectivity index (χ4v) is 2.13. The van der Waals surface area contributed by atoms with Crippen molar-refractivity contribution >= 4 is 5.82 Å². The molecule has 4 nitrogen and oxygen atoms in total. The second-order valence-corrected chi connectivity index (χ2v) is 4.50. The molecular formula is C15H19N3O. The van der Waals surface area contributed by atoms with Crippen LogP contribution in [0.15, 0.2) is 18.2 Å². The van der Waals surface area contributed by atoms with Crippen molar-refractivity contribution in [2.24, 2.45) is 0 Å². The lowest BCUT2D eigenvalue weighted by atomic mass is 9.99. The second-order valence-electron chi connectivity index (χ2n) is 4.50. The Kier molecular flexibility index (Phi) is 3.69. The molecule has 0 aliphatic carbocycles. The van der Waals surface area contributed by atoms with Gasteiger partial charge in [-0.15, -0.1) is 0 Å². The Morgan fingerprint density at radius 2 is 1.79 bits per heavy atom. The minimum absolute atomic E-state index is 0.759. The van der Waals surface area contributed by atoms with Crippen LogP contribution in [0.3, 0.4) is 0 Å². The maximum Gasteiger partial charge on any atom is 0.130 e. The van der Waals surface area contributed by atoms with E-state index in [0.29, 0.717) is 0 Å². The van der Waals surface area contributed by atoms with E-state index in [0.717, 1.165) is 34.2 Å². The zero-order valence-corrected chi connectivity index (χ0v) is 12.0. The minimum atomic E-state index is 0.759. The van der Waals surface area contributed by atoms with Crippen molar-refractivity contribution in [2.75, 3.05) is 19.5 Å². The summed E-state index contributed by atoms with van der Waals surface area (Å²) in [6, 6.07) is 5.98. The molecule has 0 aliphatic heterocycles. The van der Waals surface area contributed by atoms with Gasteiger partial charge in [0.2, 0.25) is 0 Å². The molecule has 0 saturated heterocycles. The van der Waals surface area contributed by atoms with Crippen molar-refractivity contribution in [1.29, 1.82) is 0 Å². The van der Waals surface area contributed by atoms with Crippen molar-refractivity contribution in [3.8, 4) is 17.0 Å². The van der Waals surface area contributed by atoms with Gasteiger partial charge in [0.25, 0.3) is 0 Å². The van der Waals surface area contributed by atoms with Crippen LogP contribution >= 0.6 is 0 Å². The zero-order valence-electron chi connectivity index (χ0n) is 12.0. The first-order chi connectivity index (χ1) is 9.06. The van der Waals surface area contributed by atoms with Crippen LogP contribution in [0.1, 0.15) is 17.0 Å². The number of aromatic nitrogens is 2. The van der Waals surface area contributed by atoms with Crippen LogP contribution in [0.25, 0.3) is 11.3 Å². The molecular weight excluding hydrogens is 238 g/mol. The SMILES string of the molecule is CNc1cc(-c2ccc(OC)c(C)c2C)nc(C)n1. The average Bonchev–Trinajstić information content (AvgIpc) is 2.41. The quantitative estimate of drug-likeness (QED) is 0.917. The van der Waals surface area contributed by atoms with E-state index >= 15 is 0 Å². The molecule has 0 spiro atoms. The molecule has 0 amide bonds. The topological polar surface area (TPSA) is 47.0 Å². The van der Waals surface area contributed by atoms with E-state index in [4.69, 9.17) is 4.74 Å². The first kappa shape index (κ1) is 13.3. The predicted molar refractivity (Wildman–Crippen MR) is 77.8 cm³/mol. The number of ether oxygens (including phenoxy) is 1. The molecule has 0 aliphatic rings. The molecule has 0 fully saturated rings. The third-order valence-corrected chi connectivity index (χ3v) is 3.33. The van der Waals surface area contributed by atoms with Crippen LogP contribution in [-0.4, -0.2) is 24.1 Å². The lowest BCUT2D eigenvalue weighted by Gasteiger charge is -2.13. The largest absolute Gasteiger partial charge is 0.496 e. The molecule has 100 valence electrons. The van der Waals surface area contributed by atoms with Crippen LogP contribution in [0.4, 0.5) is 5.82 Å². The van der Waals surface area contributed by atoms with Crippen molar-refractivity contribution in [3.05, 3.63) is 35.2 Å². The maximum absolute atomic E-state index is 5.34. The zero-order chi connectivity index (χ0) is 14.0. The van der Waals surface area contributed by atoms with Crippen molar-refractivity contribution in [2.45, 2.75) is 20.8 Å². The highest BCUT2D eigenvalue weighted by Crippen LogP contribution is 2.30. The van der Waals surface area contributed by atoms with Crippen LogP contribution in [-0.2, 0) is 0 Å². The molecule has 2 rings (SSSR count). The lowest BCUT2D eigenvalue weighted by molar-refractivity contribution is 0.411. The van der Waals surface area contributed by atoms with E-state index in [1.54, 1.807) is 7.11 Å². The molecule has 4 heteroatoms. The summed E-state index contributed by atoms with van der Waals surface area (Å²) in [6.07, 6.45) is 0. The molecule has 1 aromatic heterocycles. The molecule has 0 radical (unpaired) electrons. The molecule has 0 saturated carbocycles.